The van der Waals surface area contributed by atoms with Crippen molar-refractivity contribution in [3.8, 4) is 0 Å². The molecule has 0 saturated heterocycles. The molecule has 2 nitrogen and oxygen atoms in total. The van der Waals surface area contributed by atoms with Crippen molar-refractivity contribution in [2.75, 3.05) is 0 Å². The Morgan fingerprint density at radius 2 is 1.67 bits per heavy atom. The number of nitrogens with one attached hydrogen (secondary N) is 1. The number of benzene rings is 1. The summed E-state index contributed by atoms with van der Waals surface area (Å²) in [6.45, 7) is 8.56. The van der Waals surface area contributed by atoms with E-state index >= 15 is 0 Å². The zero-order valence-electron chi connectivity index (χ0n) is 11.7. The summed E-state index contributed by atoms with van der Waals surface area (Å²) in [5, 5.41) is 3.10. The first-order valence-electron chi connectivity index (χ1n) is 6.89. The van der Waals surface area contributed by atoms with Crippen LogP contribution in [-0.2, 0) is 4.79 Å². The first kappa shape index (κ1) is 13.1. The lowest BCUT2D eigenvalue weighted by atomic mass is 9.99. The van der Waals surface area contributed by atoms with Crippen molar-refractivity contribution in [2.24, 2.45) is 11.8 Å². The summed E-state index contributed by atoms with van der Waals surface area (Å²) in [4.78, 5) is 11.9. The van der Waals surface area contributed by atoms with Crippen molar-refractivity contribution < 1.29 is 4.79 Å². The van der Waals surface area contributed by atoms with Gasteiger partial charge in [-0.05, 0) is 36.3 Å². The standard InChI is InChI=1S/C16H23NO/c1-10(2)13-5-7-14(8-6-13)12(4)17-16(18)15-9-11(15)3/h5-8,10-12,15H,9H2,1-4H3,(H,17,18). The molecule has 0 aliphatic heterocycles. The van der Waals surface area contributed by atoms with E-state index in [1.54, 1.807) is 0 Å². The molecule has 1 aliphatic rings. The fourth-order valence-corrected chi connectivity index (χ4v) is 2.26. The van der Waals surface area contributed by atoms with E-state index in [2.05, 4.69) is 57.3 Å². The third kappa shape index (κ3) is 2.92. The molecule has 18 heavy (non-hydrogen) atoms. The second-order valence-electron chi connectivity index (χ2n) is 5.87. The average Bonchev–Trinajstić information content (AvgIpc) is 3.06. The first-order valence-corrected chi connectivity index (χ1v) is 6.89. The van der Waals surface area contributed by atoms with Crippen LogP contribution in [0.3, 0.4) is 0 Å². The summed E-state index contributed by atoms with van der Waals surface area (Å²) in [7, 11) is 0. The van der Waals surface area contributed by atoms with Gasteiger partial charge in [0.1, 0.15) is 0 Å². The molecule has 0 spiro atoms. The monoisotopic (exact) mass is 245 g/mol. The van der Waals surface area contributed by atoms with E-state index < -0.39 is 0 Å². The van der Waals surface area contributed by atoms with Gasteiger partial charge in [0.05, 0.1) is 6.04 Å². The Bertz CT molecular complexity index is 421. The van der Waals surface area contributed by atoms with Crippen molar-refractivity contribution in [1.29, 1.82) is 0 Å². The molecule has 2 rings (SSSR count). The summed E-state index contributed by atoms with van der Waals surface area (Å²) in [6, 6.07) is 8.66. The Labute approximate surface area is 110 Å². The van der Waals surface area contributed by atoms with E-state index in [4.69, 9.17) is 0 Å². The van der Waals surface area contributed by atoms with Crippen molar-refractivity contribution in [1.82, 2.24) is 5.32 Å². The topological polar surface area (TPSA) is 29.1 Å². The lowest BCUT2D eigenvalue weighted by molar-refractivity contribution is -0.123. The fourth-order valence-electron chi connectivity index (χ4n) is 2.26. The van der Waals surface area contributed by atoms with E-state index in [0.717, 1.165) is 6.42 Å². The highest BCUT2D eigenvalue weighted by atomic mass is 16.2. The minimum atomic E-state index is 0.103. The third-order valence-corrected chi connectivity index (χ3v) is 3.91. The Morgan fingerprint density at radius 3 is 2.11 bits per heavy atom. The van der Waals surface area contributed by atoms with Crippen molar-refractivity contribution in [3.05, 3.63) is 35.4 Å². The van der Waals surface area contributed by atoms with Gasteiger partial charge >= 0.3 is 0 Å². The predicted molar refractivity (Wildman–Crippen MR) is 74.4 cm³/mol. The van der Waals surface area contributed by atoms with E-state index in [9.17, 15) is 4.79 Å². The van der Waals surface area contributed by atoms with Crippen LogP contribution in [-0.4, -0.2) is 5.91 Å². The van der Waals surface area contributed by atoms with Gasteiger partial charge < -0.3 is 5.32 Å². The molecule has 1 amide bonds. The van der Waals surface area contributed by atoms with Gasteiger partial charge in [-0.3, -0.25) is 4.79 Å². The van der Waals surface area contributed by atoms with Crippen LogP contribution in [0.1, 0.15) is 57.2 Å². The Kier molecular flexibility index (Phi) is 3.74. The van der Waals surface area contributed by atoms with Crippen LogP contribution in [0.4, 0.5) is 0 Å². The van der Waals surface area contributed by atoms with Gasteiger partial charge in [0.2, 0.25) is 5.91 Å². The number of hydrogen-bond donors (Lipinski definition) is 1. The Morgan fingerprint density at radius 1 is 1.17 bits per heavy atom. The quantitative estimate of drug-likeness (QED) is 0.862. The highest BCUT2D eigenvalue weighted by molar-refractivity contribution is 5.81. The molecule has 3 atom stereocenters. The molecule has 98 valence electrons. The maximum atomic E-state index is 11.9. The number of hydrogen-bond acceptors (Lipinski definition) is 1. The second kappa shape index (κ2) is 5.13. The van der Waals surface area contributed by atoms with Crippen LogP contribution >= 0.6 is 0 Å². The maximum Gasteiger partial charge on any atom is 0.223 e. The van der Waals surface area contributed by atoms with Crippen molar-refractivity contribution >= 4 is 5.91 Å². The van der Waals surface area contributed by atoms with Crippen molar-refractivity contribution in [3.63, 3.8) is 0 Å². The first-order chi connectivity index (χ1) is 8.49. The summed E-state index contributed by atoms with van der Waals surface area (Å²) < 4.78 is 0. The van der Waals surface area contributed by atoms with Gasteiger partial charge in [-0.1, -0.05) is 45.0 Å². The molecule has 1 aromatic rings. The largest absolute Gasteiger partial charge is 0.349 e. The molecule has 2 heteroatoms. The summed E-state index contributed by atoms with van der Waals surface area (Å²) in [5.74, 6) is 1.59. The summed E-state index contributed by atoms with van der Waals surface area (Å²) >= 11 is 0. The van der Waals surface area contributed by atoms with Gasteiger partial charge in [-0.15, -0.1) is 0 Å². The van der Waals surface area contributed by atoms with Crippen LogP contribution < -0.4 is 5.32 Å². The molecule has 1 aliphatic carbocycles. The molecule has 0 radical (unpaired) electrons. The van der Waals surface area contributed by atoms with Crippen LogP contribution in [0.15, 0.2) is 24.3 Å². The number of carbonyl (C=O) groups is 1. The van der Waals surface area contributed by atoms with Crippen LogP contribution in [0.2, 0.25) is 0 Å². The SMILES string of the molecule is CC(C)c1ccc(C(C)NC(=O)C2CC2C)cc1. The molecular formula is C16H23NO. The smallest absolute Gasteiger partial charge is 0.223 e. The third-order valence-electron chi connectivity index (χ3n) is 3.91. The highest BCUT2D eigenvalue weighted by Crippen LogP contribution is 2.38. The average molecular weight is 245 g/mol. The number of rotatable bonds is 4. The molecule has 0 aromatic heterocycles. The Balaban J connectivity index is 1.96. The van der Waals surface area contributed by atoms with E-state index in [-0.39, 0.29) is 17.9 Å². The Hall–Kier alpha value is -1.31. The zero-order chi connectivity index (χ0) is 13.3. The lowest BCUT2D eigenvalue weighted by Gasteiger charge is -2.15. The molecule has 3 unspecified atom stereocenters. The summed E-state index contributed by atoms with van der Waals surface area (Å²) in [6.07, 6.45) is 1.05. The molecule has 1 fully saturated rings. The maximum absolute atomic E-state index is 11.9. The van der Waals surface area contributed by atoms with Crippen LogP contribution in [0.5, 0.6) is 0 Å². The van der Waals surface area contributed by atoms with E-state index in [1.165, 1.54) is 11.1 Å². The number of amides is 1. The molecule has 0 heterocycles. The molecule has 0 bridgehead atoms. The molecule has 1 aromatic carbocycles. The number of carbonyl (C=O) groups excluding carboxylic acids is 1. The van der Waals surface area contributed by atoms with Crippen molar-refractivity contribution in [2.45, 2.75) is 46.1 Å². The van der Waals surface area contributed by atoms with Gasteiger partial charge in [-0.2, -0.15) is 0 Å². The highest BCUT2D eigenvalue weighted by Gasteiger charge is 2.39. The van der Waals surface area contributed by atoms with E-state index in [1.807, 2.05) is 0 Å². The van der Waals surface area contributed by atoms with Crippen LogP contribution in [0.25, 0.3) is 0 Å². The van der Waals surface area contributed by atoms with Gasteiger partial charge in [0.15, 0.2) is 0 Å². The van der Waals surface area contributed by atoms with E-state index in [0.29, 0.717) is 11.8 Å². The molecule has 1 N–H and O–H groups in total. The second-order valence-corrected chi connectivity index (χ2v) is 5.87. The predicted octanol–water partition coefficient (Wildman–Crippen LogP) is 3.64. The minimum absolute atomic E-state index is 0.103. The molecular weight excluding hydrogens is 222 g/mol. The van der Waals surface area contributed by atoms with Gasteiger partial charge in [0.25, 0.3) is 0 Å². The lowest BCUT2D eigenvalue weighted by Crippen LogP contribution is -2.28. The summed E-state index contributed by atoms with van der Waals surface area (Å²) in [5.41, 5.74) is 2.52. The molecule has 1 saturated carbocycles. The normalized spacial score (nSPS) is 23.8. The zero-order valence-corrected chi connectivity index (χ0v) is 11.7. The van der Waals surface area contributed by atoms with Gasteiger partial charge in [0, 0.05) is 5.92 Å². The fraction of sp³-hybridized carbons (Fsp3) is 0.562. The van der Waals surface area contributed by atoms with Gasteiger partial charge in [-0.25, -0.2) is 0 Å². The minimum Gasteiger partial charge on any atom is -0.349 e. The van der Waals surface area contributed by atoms with Crippen LogP contribution in [0, 0.1) is 11.8 Å².